The molecule has 0 spiro atoms. The SMILES string of the molecule is COc1ccc(CNC2CNC(C)(C)C2)cc1C. The summed E-state index contributed by atoms with van der Waals surface area (Å²) in [6.07, 6.45) is 1.18. The van der Waals surface area contributed by atoms with E-state index in [-0.39, 0.29) is 5.54 Å². The Labute approximate surface area is 110 Å². The third kappa shape index (κ3) is 3.24. The molecule has 0 aliphatic carbocycles. The summed E-state index contributed by atoms with van der Waals surface area (Å²) in [4.78, 5) is 0. The van der Waals surface area contributed by atoms with E-state index in [0.29, 0.717) is 6.04 Å². The highest BCUT2D eigenvalue weighted by atomic mass is 16.5. The lowest BCUT2D eigenvalue weighted by atomic mass is 10.0. The van der Waals surface area contributed by atoms with Crippen LogP contribution in [0.1, 0.15) is 31.4 Å². The summed E-state index contributed by atoms with van der Waals surface area (Å²) < 4.78 is 5.27. The fourth-order valence-electron chi connectivity index (χ4n) is 2.62. The molecule has 2 N–H and O–H groups in total. The lowest BCUT2D eigenvalue weighted by Gasteiger charge is -2.17. The summed E-state index contributed by atoms with van der Waals surface area (Å²) in [5, 5.41) is 7.14. The second-order valence-corrected chi connectivity index (χ2v) is 5.85. The van der Waals surface area contributed by atoms with Crippen LogP contribution in [0.5, 0.6) is 5.75 Å². The Kier molecular flexibility index (Phi) is 3.93. The standard InChI is InChI=1S/C15H24N2O/c1-11-7-12(5-6-14(11)18-4)9-16-13-8-15(2,3)17-10-13/h5-7,13,16-17H,8-10H2,1-4H3. The van der Waals surface area contributed by atoms with Crippen LogP contribution in [0.2, 0.25) is 0 Å². The minimum Gasteiger partial charge on any atom is -0.496 e. The van der Waals surface area contributed by atoms with Gasteiger partial charge in [0.25, 0.3) is 0 Å². The van der Waals surface area contributed by atoms with Crippen molar-refractivity contribution in [3.8, 4) is 5.75 Å². The van der Waals surface area contributed by atoms with Crippen LogP contribution in [0.3, 0.4) is 0 Å². The molecular formula is C15H24N2O. The predicted molar refractivity (Wildman–Crippen MR) is 75.1 cm³/mol. The third-order valence-corrected chi connectivity index (χ3v) is 3.64. The third-order valence-electron chi connectivity index (χ3n) is 3.64. The molecular weight excluding hydrogens is 224 g/mol. The zero-order valence-corrected chi connectivity index (χ0v) is 11.8. The van der Waals surface area contributed by atoms with E-state index in [4.69, 9.17) is 4.74 Å². The van der Waals surface area contributed by atoms with Gasteiger partial charge in [0, 0.05) is 24.7 Å². The molecule has 1 saturated heterocycles. The van der Waals surface area contributed by atoms with E-state index >= 15 is 0 Å². The maximum atomic E-state index is 5.27. The predicted octanol–water partition coefficient (Wildman–Crippen LogP) is 2.23. The van der Waals surface area contributed by atoms with Crippen molar-refractivity contribution in [2.24, 2.45) is 0 Å². The first kappa shape index (κ1) is 13.4. The normalized spacial score (nSPS) is 22.1. The van der Waals surface area contributed by atoms with Crippen molar-refractivity contribution in [3.63, 3.8) is 0 Å². The summed E-state index contributed by atoms with van der Waals surface area (Å²) in [6, 6.07) is 6.94. The van der Waals surface area contributed by atoms with Gasteiger partial charge in [-0.15, -0.1) is 0 Å². The average Bonchev–Trinajstić information content (AvgIpc) is 2.66. The molecule has 1 aliphatic heterocycles. The number of hydrogen-bond donors (Lipinski definition) is 2. The molecule has 0 radical (unpaired) electrons. The number of methoxy groups -OCH3 is 1. The molecule has 2 rings (SSSR count). The Morgan fingerprint density at radius 2 is 2.22 bits per heavy atom. The molecule has 0 amide bonds. The van der Waals surface area contributed by atoms with E-state index in [2.05, 4.69) is 43.5 Å². The van der Waals surface area contributed by atoms with Crippen LogP contribution in [0.15, 0.2) is 18.2 Å². The monoisotopic (exact) mass is 248 g/mol. The van der Waals surface area contributed by atoms with Gasteiger partial charge >= 0.3 is 0 Å². The molecule has 0 bridgehead atoms. The van der Waals surface area contributed by atoms with E-state index in [0.717, 1.165) is 18.8 Å². The van der Waals surface area contributed by atoms with Crippen molar-refractivity contribution in [1.29, 1.82) is 0 Å². The van der Waals surface area contributed by atoms with Crippen LogP contribution in [0, 0.1) is 6.92 Å². The second kappa shape index (κ2) is 5.29. The van der Waals surface area contributed by atoms with Gasteiger partial charge in [-0.1, -0.05) is 12.1 Å². The van der Waals surface area contributed by atoms with Gasteiger partial charge in [0.05, 0.1) is 7.11 Å². The lowest BCUT2D eigenvalue weighted by molar-refractivity contribution is 0.411. The maximum Gasteiger partial charge on any atom is 0.121 e. The highest BCUT2D eigenvalue weighted by molar-refractivity contribution is 5.36. The molecule has 100 valence electrons. The van der Waals surface area contributed by atoms with E-state index in [1.807, 2.05) is 6.07 Å². The minimum absolute atomic E-state index is 0.271. The number of nitrogens with one attached hydrogen (secondary N) is 2. The molecule has 18 heavy (non-hydrogen) atoms. The molecule has 1 unspecified atom stereocenters. The number of ether oxygens (including phenoxy) is 1. The van der Waals surface area contributed by atoms with Crippen LogP contribution in [-0.4, -0.2) is 25.2 Å². The first-order chi connectivity index (χ1) is 8.50. The van der Waals surface area contributed by atoms with E-state index < -0.39 is 0 Å². The number of aryl methyl sites for hydroxylation is 1. The second-order valence-electron chi connectivity index (χ2n) is 5.85. The zero-order chi connectivity index (χ0) is 13.2. The fraction of sp³-hybridized carbons (Fsp3) is 0.600. The Bertz CT molecular complexity index is 415. The van der Waals surface area contributed by atoms with Crippen molar-refractivity contribution in [3.05, 3.63) is 29.3 Å². The average molecular weight is 248 g/mol. The van der Waals surface area contributed by atoms with Gasteiger partial charge in [-0.25, -0.2) is 0 Å². The Balaban J connectivity index is 1.89. The molecule has 0 aromatic heterocycles. The maximum absolute atomic E-state index is 5.27. The van der Waals surface area contributed by atoms with Crippen molar-refractivity contribution in [2.45, 2.75) is 45.3 Å². The van der Waals surface area contributed by atoms with Crippen LogP contribution < -0.4 is 15.4 Å². The molecule has 1 heterocycles. The number of rotatable bonds is 4. The largest absolute Gasteiger partial charge is 0.496 e. The molecule has 1 aliphatic rings. The highest BCUT2D eigenvalue weighted by Gasteiger charge is 2.29. The van der Waals surface area contributed by atoms with Gasteiger partial charge < -0.3 is 15.4 Å². The highest BCUT2D eigenvalue weighted by Crippen LogP contribution is 2.20. The summed E-state index contributed by atoms with van der Waals surface area (Å²) in [6.45, 7) is 8.58. The molecule has 1 atom stereocenters. The van der Waals surface area contributed by atoms with E-state index in [1.54, 1.807) is 7.11 Å². The zero-order valence-electron chi connectivity index (χ0n) is 11.8. The first-order valence-electron chi connectivity index (χ1n) is 6.62. The van der Waals surface area contributed by atoms with Crippen molar-refractivity contribution in [1.82, 2.24) is 10.6 Å². The fourth-order valence-corrected chi connectivity index (χ4v) is 2.62. The molecule has 3 heteroatoms. The van der Waals surface area contributed by atoms with Crippen LogP contribution in [0.4, 0.5) is 0 Å². The Hall–Kier alpha value is -1.06. The van der Waals surface area contributed by atoms with Gasteiger partial charge in [0.15, 0.2) is 0 Å². The Morgan fingerprint density at radius 1 is 1.44 bits per heavy atom. The van der Waals surface area contributed by atoms with Crippen LogP contribution in [0.25, 0.3) is 0 Å². The van der Waals surface area contributed by atoms with Gasteiger partial charge in [-0.3, -0.25) is 0 Å². The smallest absolute Gasteiger partial charge is 0.121 e. The lowest BCUT2D eigenvalue weighted by Crippen LogP contribution is -2.31. The van der Waals surface area contributed by atoms with Crippen molar-refractivity contribution < 1.29 is 4.74 Å². The molecule has 1 aromatic carbocycles. The molecule has 1 aromatic rings. The van der Waals surface area contributed by atoms with Crippen molar-refractivity contribution in [2.75, 3.05) is 13.7 Å². The molecule has 0 saturated carbocycles. The minimum atomic E-state index is 0.271. The molecule has 3 nitrogen and oxygen atoms in total. The summed E-state index contributed by atoms with van der Waals surface area (Å²) in [7, 11) is 1.71. The Morgan fingerprint density at radius 3 is 2.78 bits per heavy atom. The van der Waals surface area contributed by atoms with Crippen LogP contribution >= 0.6 is 0 Å². The molecule has 1 fully saturated rings. The van der Waals surface area contributed by atoms with Gasteiger partial charge in [-0.2, -0.15) is 0 Å². The summed E-state index contributed by atoms with van der Waals surface area (Å²) in [5.41, 5.74) is 2.78. The number of benzene rings is 1. The van der Waals surface area contributed by atoms with Gasteiger partial charge in [0.1, 0.15) is 5.75 Å². The number of hydrogen-bond acceptors (Lipinski definition) is 3. The van der Waals surface area contributed by atoms with Gasteiger partial charge in [-0.05, 0) is 44.4 Å². The summed E-state index contributed by atoms with van der Waals surface area (Å²) in [5.74, 6) is 0.961. The van der Waals surface area contributed by atoms with Crippen LogP contribution in [-0.2, 0) is 6.54 Å². The summed E-state index contributed by atoms with van der Waals surface area (Å²) >= 11 is 0. The quantitative estimate of drug-likeness (QED) is 0.857. The van der Waals surface area contributed by atoms with E-state index in [9.17, 15) is 0 Å². The first-order valence-corrected chi connectivity index (χ1v) is 6.62. The van der Waals surface area contributed by atoms with E-state index in [1.165, 1.54) is 17.5 Å². The van der Waals surface area contributed by atoms with Crippen molar-refractivity contribution >= 4 is 0 Å². The topological polar surface area (TPSA) is 33.3 Å². The van der Waals surface area contributed by atoms with Gasteiger partial charge in [0.2, 0.25) is 0 Å².